The molecule has 4 nitrogen and oxygen atoms in total. The van der Waals surface area contributed by atoms with Gasteiger partial charge in [-0.2, -0.15) is 5.26 Å². The third kappa shape index (κ3) is 2.55. The van der Waals surface area contributed by atoms with Crippen molar-refractivity contribution < 1.29 is 14.6 Å². The van der Waals surface area contributed by atoms with Gasteiger partial charge in [-0.05, 0) is 29.0 Å². The van der Waals surface area contributed by atoms with Crippen LogP contribution in [0.3, 0.4) is 0 Å². The minimum atomic E-state index is -0.727. The van der Waals surface area contributed by atoms with Gasteiger partial charge in [-0.15, -0.1) is 0 Å². The molecular formula is C15H11NO3. The summed E-state index contributed by atoms with van der Waals surface area (Å²) >= 11 is 0. The Morgan fingerprint density at radius 3 is 2.53 bits per heavy atom. The van der Waals surface area contributed by atoms with Crippen LogP contribution >= 0.6 is 0 Å². The predicted molar refractivity (Wildman–Crippen MR) is 71.2 cm³/mol. The molecule has 0 aromatic heterocycles. The van der Waals surface area contributed by atoms with Crippen LogP contribution in [0.2, 0.25) is 0 Å². The lowest BCUT2D eigenvalue weighted by molar-refractivity contribution is -0.135. The zero-order valence-corrected chi connectivity index (χ0v) is 10.3. The van der Waals surface area contributed by atoms with Crippen molar-refractivity contribution in [3.63, 3.8) is 0 Å². The van der Waals surface area contributed by atoms with Crippen molar-refractivity contribution >= 4 is 22.8 Å². The number of nitrogens with zero attached hydrogens (tertiary/aromatic N) is 1. The van der Waals surface area contributed by atoms with Gasteiger partial charge in [0.1, 0.15) is 17.4 Å². The number of benzene rings is 2. The number of carbonyl (C=O) groups is 1. The number of hydrogen-bond donors (Lipinski definition) is 1. The van der Waals surface area contributed by atoms with E-state index in [0.717, 1.165) is 10.8 Å². The smallest absolute Gasteiger partial charge is 0.348 e. The highest BCUT2D eigenvalue weighted by Gasteiger charge is 2.10. The van der Waals surface area contributed by atoms with Crippen molar-refractivity contribution in [3.8, 4) is 11.8 Å². The molecule has 4 heteroatoms. The van der Waals surface area contributed by atoms with Gasteiger partial charge < -0.3 is 9.84 Å². The number of fused-ring (bicyclic) bond motifs is 1. The fourth-order valence-electron chi connectivity index (χ4n) is 1.76. The van der Waals surface area contributed by atoms with Gasteiger partial charge in [-0.1, -0.05) is 24.3 Å². The molecule has 19 heavy (non-hydrogen) atoms. The third-order valence-electron chi connectivity index (χ3n) is 2.72. The number of aromatic hydroxyl groups is 1. The normalized spacial score (nSPS) is 11.1. The van der Waals surface area contributed by atoms with Gasteiger partial charge >= 0.3 is 5.97 Å². The summed E-state index contributed by atoms with van der Waals surface area (Å²) in [5, 5.41) is 20.6. The zero-order chi connectivity index (χ0) is 13.8. The molecule has 0 fully saturated rings. The van der Waals surface area contributed by atoms with Crippen molar-refractivity contribution in [2.45, 2.75) is 0 Å². The Bertz CT molecular complexity index is 711. The summed E-state index contributed by atoms with van der Waals surface area (Å²) < 4.78 is 4.49. The summed E-state index contributed by atoms with van der Waals surface area (Å²) in [5.74, 6) is -0.717. The molecule has 0 atom stereocenters. The first-order chi connectivity index (χ1) is 9.15. The van der Waals surface area contributed by atoms with Gasteiger partial charge in [0.2, 0.25) is 0 Å². The number of phenols is 1. The van der Waals surface area contributed by atoms with Crippen molar-refractivity contribution in [1.82, 2.24) is 0 Å². The SMILES string of the molecule is COC(=O)C(C#N)=Cc1cc2ccccc2cc1O. The molecular weight excluding hydrogens is 242 g/mol. The van der Waals surface area contributed by atoms with Crippen LogP contribution in [0.15, 0.2) is 42.0 Å². The highest BCUT2D eigenvalue weighted by molar-refractivity contribution is 5.99. The molecule has 2 aromatic rings. The second kappa shape index (κ2) is 5.23. The Kier molecular flexibility index (Phi) is 3.48. The first kappa shape index (κ1) is 12.7. The minimum absolute atomic E-state index is 0.00959. The van der Waals surface area contributed by atoms with E-state index in [4.69, 9.17) is 5.26 Å². The molecule has 0 saturated heterocycles. The summed E-state index contributed by atoms with van der Waals surface area (Å²) in [4.78, 5) is 11.3. The Balaban J connectivity index is 2.57. The van der Waals surface area contributed by atoms with E-state index in [0.29, 0.717) is 5.56 Å². The van der Waals surface area contributed by atoms with Crippen LogP contribution in [-0.4, -0.2) is 18.2 Å². The summed E-state index contributed by atoms with van der Waals surface area (Å²) in [6, 6.07) is 12.6. The third-order valence-corrected chi connectivity index (χ3v) is 2.72. The van der Waals surface area contributed by atoms with E-state index in [1.807, 2.05) is 24.3 Å². The Labute approximate surface area is 110 Å². The molecule has 0 spiro atoms. The van der Waals surface area contributed by atoms with Gasteiger partial charge in [-0.3, -0.25) is 0 Å². The van der Waals surface area contributed by atoms with E-state index in [1.165, 1.54) is 13.2 Å². The number of rotatable bonds is 2. The number of hydrogen-bond acceptors (Lipinski definition) is 4. The number of nitriles is 1. The van der Waals surface area contributed by atoms with Crippen LogP contribution in [0.25, 0.3) is 16.8 Å². The van der Waals surface area contributed by atoms with E-state index in [9.17, 15) is 9.90 Å². The number of carbonyl (C=O) groups excluding carboxylic acids is 1. The average molecular weight is 253 g/mol. The minimum Gasteiger partial charge on any atom is -0.507 e. The first-order valence-electron chi connectivity index (χ1n) is 5.57. The fourth-order valence-corrected chi connectivity index (χ4v) is 1.76. The molecule has 0 aliphatic rings. The van der Waals surface area contributed by atoms with Crippen LogP contribution in [-0.2, 0) is 9.53 Å². The van der Waals surface area contributed by atoms with Crippen LogP contribution in [0.4, 0.5) is 0 Å². The summed E-state index contributed by atoms with van der Waals surface area (Å²) in [7, 11) is 1.20. The molecule has 2 rings (SSSR count). The van der Waals surface area contributed by atoms with Gasteiger partial charge in [0.15, 0.2) is 0 Å². The van der Waals surface area contributed by atoms with E-state index < -0.39 is 5.97 Å². The maximum atomic E-state index is 11.3. The lowest BCUT2D eigenvalue weighted by atomic mass is 10.0. The van der Waals surface area contributed by atoms with Gasteiger partial charge in [0.05, 0.1) is 7.11 Å². The molecule has 0 unspecified atom stereocenters. The van der Waals surface area contributed by atoms with Crippen LogP contribution < -0.4 is 0 Å². The Morgan fingerprint density at radius 1 is 1.32 bits per heavy atom. The molecule has 0 radical (unpaired) electrons. The summed E-state index contributed by atoms with van der Waals surface area (Å²) in [5.41, 5.74) is 0.244. The van der Waals surface area contributed by atoms with Crippen molar-refractivity contribution in [3.05, 3.63) is 47.5 Å². The molecule has 0 saturated carbocycles. The molecule has 1 N–H and O–H groups in total. The maximum absolute atomic E-state index is 11.3. The van der Waals surface area contributed by atoms with Crippen LogP contribution in [0.1, 0.15) is 5.56 Å². The average Bonchev–Trinajstić information content (AvgIpc) is 2.44. The number of esters is 1. The predicted octanol–water partition coefficient (Wildman–Crippen LogP) is 2.63. The molecule has 0 aliphatic carbocycles. The number of methoxy groups -OCH3 is 1. The lowest BCUT2D eigenvalue weighted by Crippen LogP contribution is -2.02. The van der Waals surface area contributed by atoms with Crippen LogP contribution in [0, 0.1) is 11.3 Å². The maximum Gasteiger partial charge on any atom is 0.348 e. The van der Waals surface area contributed by atoms with Gasteiger partial charge in [-0.25, -0.2) is 4.79 Å². The lowest BCUT2D eigenvalue weighted by Gasteiger charge is -2.04. The zero-order valence-electron chi connectivity index (χ0n) is 10.3. The fraction of sp³-hybridized carbons (Fsp3) is 0.0667. The Morgan fingerprint density at radius 2 is 1.95 bits per heavy atom. The molecule has 0 amide bonds. The van der Waals surface area contributed by atoms with Crippen molar-refractivity contribution in [2.24, 2.45) is 0 Å². The molecule has 0 heterocycles. The van der Waals surface area contributed by atoms with Crippen molar-refractivity contribution in [1.29, 1.82) is 5.26 Å². The molecule has 2 aromatic carbocycles. The second-order valence-electron chi connectivity index (χ2n) is 3.92. The monoisotopic (exact) mass is 253 g/mol. The van der Waals surface area contributed by atoms with E-state index in [2.05, 4.69) is 4.74 Å². The second-order valence-corrected chi connectivity index (χ2v) is 3.92. The molecule has 0 bridgehead atoms. The number of phenolic OH excluding ortho intramolecular Hbond substituents is 1. The first-order valence-corrected chi connectivity index (χ1v) is 5.57. The quantitative estimate of drug-likeness (QED) is 0.507. The summed E-state index contributed by atoms with van der Waals surface area (Å²) in [6.45, 7) is 0. The molecule has 0 aliphatic heterocycles. The van der Waals surface area contributed by atoms with Gasteiger partial charge in [0, 0.05) is 5.56 Å². The highest BCUT2D eigenvalue weighted by Crippen LogP contribution is 2.26. The van der Waals surface area contributed by atoms with Crippen molar-refractivity contribution in [2.75, 3.05) is 7.11 Å². The number of ether oxygens (including phenoxy) is 1. The topological polar surface area (TPSA) is 70.3 Å². The largest absolute Gasteiger partial charge is 0.507 e. The van der Waals surface area contributed by atoms with E-state index in [-0.39, 0.29) is 11.3 Å². The standard InChI is InChI=1S/C15H11NO3/c1-19-15(18)13(9-16)7-12-6-10-4-2-3-5-11(10)8-14(12)17/h2-8,17H,1H3. The van der Waals surface area contributed by atoms with Gasteiger partial charge in [0.25, 0.3) is 0 Å². The summed E-state index contributed by atoms with van der Waals surface area (Å²) in [6.07, 6.45) is 1.31. The van der Waals surface area contributed by atoms with Crippen LogP contribution in [0.5, 0.6) is 5.75 Å². The Hall–Kier alpha value is -2.80. The molecule has 94 valence electrons. The van der Waals surface area contributed by atoms with E-state index >= 15 is 0 Å². The van der Waals surface area contributed by atoms with E-state index in [1.54, 1.807) is 18.2 Å². The highest BCUT2D eigenvalue weighted by atomic mass is 16.5.